The lowest BCUT2D eigenvalue weighted by molar-refractivity contribution is -0.123. The first-order valence-corrected chi connectivity index (χ1v) is 6.22. The first-order valence-electron chi connectivity index (χ1n) is 6.22. The number of aliphatic hydroxyl groups excluding tert-OH is 1. The fourth-order valence-electron chi connectivity index (χ4n) is 3.04. The number of piperidine rings is 1. The molecule has 1 saturated carbocycles. The molecule has 2 unspecified atom stereocenters. The molecule has 15 heavy (non-hydrogen) atoms. The third kappa shape index (κ3) is 2.40. The number of hydrogen-bond acceptors (Lipinski definition) is 3. The van der Waals surface area contributed by atoms with Gasteiger partial charge in [-0.1, -0.05) is 6.42 Å². The summed E-state index contributed by atoms with van der Waals surface area (Å²) in [5, 5.41) is 9.03. The Hall–Kier alpha value is -0.410. The van der Waals surface area contributed by atoms with Gasteiger partial charge in [-0.05, 0) is 38.6 Å². The maximum absolute atomic E-state index is 11.7. The highest BCUT2D eigenvalue weighted by Gasteiger charge is 2.35. The molecule has 1 saturated heterocycles. The van der Waals surface area contributed by atoms with Gasteiger partial charge in [0.1, 0.15) is 5.78 Å². The predicted octanol–water partition coefficient (Wildman–Crippen LogP) is 1.34. The van der Waals surface area contributed by atoms with Crippen LogP contribution >= 0.6 is 0 Å². The van der Waals surface area contributed by atoms with E-state index in [2.05, 4.69) is 4.90 Å². The number of hydrogen-bond donors (Lipinski definition) is 1. The first kappa shape index (κ1) is 11.1. The summed E-state index contributed by atoms with van der Waals surface area (Å²) in [6.45, 7) is 1.31. The molecule has 1 heterocycles. The van der Waals surface area contributed by atoms with E-state index in [1.807, 2.05) is 0 Å². The van der Waals surface area contributed by atoms with Crippen molar-refractivity contribution >= 4 is 5.78 Å². The fraction of sp³-hybridized carbons (Fsp3) is 0.917. The molecule has 86 valence electrons. The van der Waals surface area contributed by atoms with E-state index < -0.39 is 0 Å². The zero-order valence-electron chi connectivity index (χ0n) is 9.32. The van der Waals surface area contributed by atoms with E-state index in [1.54, 1.807) is 0 Å². The fourth-order valence-corrected chi connectivity index (χ4v) is 3.04. The van der Waals surface area contributed by atoms with Crippen LogP contribution in [0.25, 0.3) is 0 Å². The SMILES string of the molecule is O=C1CCCC1N1CCCCC1CCO. The second-order valence-corrected chi connectivity index (χ2v) is 4.77. The van der Waals surface area contributed by atoms with Gasteiger partial charge in [0, 0.05) is 19.1 Å². The maximum atomic E-state index is 11.7. The highest BCUT2D eigenvalue weighted by molar-refractivity contribution is 5.85. The zero-order chi connectivity index (χ0) is 10.7. The molecule has 2 fully saturated rings. The second-order valence-electron chi connectivity index (χ2n) is 4.77. The molecule has 2 rings (SSSR count). The molecule has 1 N–H and O–H groups in total. The van der Waals surface area contributed by atoms with Crippen LogP contribution < -0.4 is 0 Å². The Kier molecular flexibility index (Phi) is 3.76. The Bertz CT molecular complexity index is 228. The molecule has 2 atom stereocenters. The third-order valence-corrected chi connectivity index (χ3v) is 3.81. The van der Waals surface area contributed by atoms with Crippen LogP contribution in [0, 0.1) is 0 Å². The van der Waals surface area contributed by atoms with Crippen molar-refractivity contribution in [2.24, 2.45) is 0 Å². The standard InChI is InChI=1S/C12H21NO2/c14-9-7-10-4-1-2-8-13(10)11-5-3-6-12(11)15/h10-11,14H,1-9H2. The second kappa shape index (κ2) is 5.08. The Labute approximate surface area is 91.5 Å². The van der Waals surface area contributed by atoms with Gasteiger partial charge in [-0.15, -0.1) is 0 Å². The van der Waals surface area contributed by atoms with Crippen molar-refractivity contribution in [3.05, 3.63) is 0 Å². The molecule has 3 nitrogen and oxygen atoms in total. The highest BCUT2D eigenvalue weighted by Crippen LogP contribution is 2.28. The van der Waals surface area contributed by atoms with Crippen LogP contribution in [0.15, 0.2) is 0 Å². The number of ketones is 1. The molecule has 0 radical (unpaired) electrons. The highest BCUT2D eigenvalue weighted by atomic mass is 16.3. The summed E-state index contributed by atoms with van der Waals surface area (Å²) in [6.07, 6.45) is 7.33. The summed E-state index contributed by atoms with van der Waals surface area (Å²) >= 11 is 0. The molecule has 1 aliphatic heterocycles. The summed E-state index contributed by atoms with van der Waals surface area (Å²) in [6, 6.07) is 0.637. The summed E-state index contributed by atoms with van der Waals surface area (Å²) in [5.41, 5.74) is 0. The average Bonchev–Trinajstić information content (AvgIpc) is 2.66. The number of aliphatic hydroxyl groups is 1. The summed E-state index contributed by atoms with van der Waals surface area (Å²) < 4.78 is 0. The quantitative estimate of drug-likeness (QED) is 0.766. The molecule has 2 aliphatic rings. The van der Waals surface area contributed by atoms with Crippen molar-refractivity contribution < 1.29 is 9.90 Å². The molecule has 1 aliphatic carbocycles. The van der Waals surface area contributed by atoms with E-state index in [9.17, 15) is 4.79 Å². The van der Waals surface area contributed by atoms with Crippen molar-refractivity contribution in [2.45, 2.75) is 57.0 Å². The van der Waals surface area contributed by atoms with Gasteiger partial charge in [0.2, 0.25) is 0 Å². The molecular weight excluding hydrogens is 190 g/mol. The van der Waals surface area contributed by atoms with Gasteiger partial charge in [-0.3, -0.25) is 9.69 Å². The normalized spacial score (nSPS) is 33.5. The van der Waals surface area contributed by atoms with Gasteiger partial charge in [0.05, 0.1) is 6.04 Å². The van der Waals surface area contributed by atoms with Gasteiger partial charge in [0.25, 0.3) is 0 Å². The van der Waals surface area contributed by atoms with Crippen molar-refractivity contribution in [1.82, 2.24) is 4.90 Å². The smallest absolute Gasteiger partial charge is 0.149 e. The number of carbonyl (C=O) groups is 1. The predicted molar refractivity (Wildman–Crippen MR) is 58.7 cm³/mol. The number of likely N-dealkylation sites (tertiary alicyclic amines) is 1. The van der Waals surface area contributed by atoms with Crippen LogP contribution in [0.1, 0.15) is 44.9 Å². The Balaban J connectivity index is 2.00. The van der Waals surface area contributed by atoms with E-state index in [-0.39, 0.29) is 12.6 Å². The molecule has 0 amide bonds. The Morgan fingerprint density at radius 3 is 2.80 bits per heavy atom. The van der Waals surface area contributed by atoms with E-state index in [0.29, 0.717) is 11.8 Å². The number of carbonyl (C=O) groups excluding carboxylic acids is 1. The summed E-state index contributed by atoms with van der Waals surface area (Å²) in [7, 11) is 0. The number of rotatable bonds is 3. The van der Waals surface area contributed by atoms with Gasteiger partial charge < -0.3 is 5.11 Å². The lowest BCUT2D eigenvalue weighted by Crippen LogP contribution is -2.48. The molecule has 0 aromatic rings. The number of Topliss-reactive ketones (excluding diaryl/α,β-unsaturated/α-hetero) is 1. The Morgan fingerprint density at radius 1 is 1.27 bits per heavy atom. The maximum Gasteiger partial charge on any atom is 0.149 e. The van der Waals surface area contributed by atoms with Gasteiger partial charge in [-0.2, -0.15) is 0 Å². The van der Waals surface area contributed by atoms with Crippen LogP contribution in [0.3, 0.4) is 0 Å². The number of nitrogens with zero attached hydrogens (tertiary/aromatic N) is 1. The largest absolute Gasteiger partial charge is 0.396 e. The molecular formula is C12H21NO2. The minimum atomic E-state index is 0.182. The third-order valence-electron chi connectivity index (χ3n) is 3.81. The lowest BCUT2D eigenvalue weighted by Gasteiger charge is -2.39. The van der Waals surface area contributed by atoms with Crippen LogP contribution in [-0.2, 0) is 4.79 Å². The molecule has 0 aromatic heterocycles. The van der Waals surface area contributed by atoms with Crippen molar-refractivity contribution in [3.8, 4) is 0 Å². The van der Waals surface area contributed by atoms with E-state index >= 15 is 0 Å². The minimum absolute atomic E-state index is 0.182. The van der Waals surface area contributed by atoms with Crippen LogP contribution in [0.4, 0.5) is 0 Å². The van der Waals surface area contributed by atoms with Crippen LogP contribution in [0.2, 0.25) is 0 Å². The first-order chi connectivity index (χ1) is 7.33. The van der Waals surface area contributed by atoms with E-state index in [0.717, 1.165) is 38.6 Å². The van der Waals surface area contributed by atoms with Gasteiger partial charge >= 0.3 is 0 Å². The topological polar surface area (TPSA) is 40.5 Å². The molecule has 0 spiro atoms. The monoisotopic (exact) mass is 211 g/mol. The summed E-state index contributed by atoms with van der Waals surface area (Å²) in [5.74, 6) is 0.430. The summed E-state index contributed by atoms with van der Waals surface area (Å²) in [4.78, 5) is 14.1. The minimum Gasteiger partial charge on any atom is -0.396 e. The van der Waals surface area contributed by atoms with Crippen molar-refractivity contribution in [2.75, 3.05) is 13.2 Å². The Morgan fingerprint density at radius 2 is 2.13 bits per heavy atom. The van der Waals surface area contributed by atoms with Crippen molar-refractivity contribution in [1.29, 1.82) is 0 Å². The lowest BCUT2D eigenvalue weighted by atomic mass is 9.96. The molecule has 3 heteroatoms. The average molecular weight is 211 g/mol. The van der Waals surface area contributed by atoms with Gasteiger partial charge in [0.15, 0.2) is 0 Å². The van der Waals surface area contributed by atoms with Gasteiger partial charge in [-0.25, -0.2) is 0 Å². The zero-order valence-corrected chi connectivity index (χ0v) is 9.32. The van der Waals surface area contributed by atoms with E-state index in [4.69, 9.17) is 5.11 Å². The van der Waals surface area contributed by atoms with Crippen LogP contribution in [-0.4, -0.2) is 41.0 Å². The van der Waals surface area contributed by atoms with E-state index in [1.165, 1.54) is 12.8 Å². The van der Waals surface area contributed by atoms with Crippen LogP contribution in [0.5, 0.6) is 0 Å². The van der Waals surface area contributed by atoms with Crippen molar-refractivity contribution in [3.63, 3.8) is 0 Å². The molecule has 0 bridgehead atoms. The molecule has 0 aromatic carbocycles.